The molecule has 0 fully saturated rings. The average Bonchev–Trinajstić information content (AvgIpc) is 3.83. The monoisotopic (exact) mass is 818 g/mol. The Morgan fingerprint density at radius 1 is 0.365 bits per heavy atom. The predicted octanol–water partition coefficient (Wildman–Crippen LogP) is 17.6. The third-order valence-electron chi connectivity index (χ3n) is 12.7. The van der Waals surface area contributed by atoms with Crippen LogP contribution in [0.1, 0.15) is 58.2 Å². The first-order chi connectivity index (χ1) is 30.4. The van der Waals surface area contributed by atoms with Gasteiger partial charge in [0, 0.05) is 55.7 Å². The zero-order chi connectivity index (χ0) is 43.2. The van der Waals surface area contributed by atoms with Crippen molar-refractivity contribution in [3.8, 4) is 0 Å². The molecule has 0 aliphatic rings. The minimum Gasteiger partial charge on any atom is -0.452 e. The molecule has 0 atom stereocenters. The van der Waals surface area contributed by atoms with Crippen molar-refractivity contribution in [2.24, 2.45) is 0 Å². The molecule has 0 aliphatic carbocycles. The molecule has 0 N–H and O–H groups in total. The topological polar surface area (TPSA) is 32.8 Å². The van der Waals surface area contributed by atoms with Crippen LogP contribution in [-0.2, 0) is 10.8 Å². The van der Waals surface area contributed by atoms with Gasteiger partial charge in [0.2, 0.25) is 0 Å². The van der Waals surface area contributed by atoms with Gasteiger partial charge in [-0.1, -0.05) is 126 Å². The van der Waals surface area contributed by atoms with Gasteiger partial charge in [-0.2, -0.15) is 0 Å². The highest BCUT2D eigenvalue weighted by molar-refractivity contribution is 6.22. The molecule has 308 valence electrons. The molecule has 0 saturated heterocycles. The summed E-state index contributed by atoms with van der Waals surface area (Å²) in [5, 5.41) is 8.88. The van der Waals surface area contributed by atoms with Gasteiger partial charge in [-0.3, -0.25) is 0 Å². The molecule has 4 heteroatoms. The fraction of sp³-hybridized carbons (Fsp3) is 0.153. The number of benzene rings is 9. The second kappa shape index (κ2) is 14.4. The Bertz CT molecular complexity index is 3550. The molecule has 4 nitrogen and oxygen atoms in total. The molecule has 0 amide bonds. The molecule has 0 spiro atoms. The summed E-state index contributed by atoms with van der Waals surface area (Å²) in [6, 6.07) is 63.6. The summed E-state index contributed by atoms with van der Waals surface area (Å²) >= 11 is 0. The Hall–Kier alpha value is -7.30. The Morgan fingerprint density at radius 3 is 1.32 bits per heavy atom. The fourth-order valence-corrected chi connectivity index (χ4v) is 9.72. The lowest BCUT2D eigenvalue weighted by molar-refractivity contribution is 0.590. The maximum atomic E-state index is 6.89. The number of aryl methyl sites for hydroxylation is 1. The second-order valence-electron chi connectivity index (χ2n) is 19.1. The van der Waals surface area contributed by atoms with Crippen LogP contribution < -0.4 is 9.80 Å². The van der Waals surface area contributed by atoms with E-state index in [9.17, 15) is 0 Å². The van der Waals surface area contributed by atoms with E-state index in [2.05, 4.69) is 234 Å². The number of rotatable bonds is 6. The maximum absolute atomic E-state index is 6.89. The summed E-state index contributed by atoms with van der Waals surface area (Å²) in [7, 11) is 0. The SMILES string of the molecule is Cc1cc2c3cc4ccc(N(c5ccccc5)c5ccccc5C(C)(C)C)cc4cc3oc2c2oc3cc4cc(N(c5ccccc5)c5ccccc5C(C)(C)C)ccc4cc3c12. The van der Waals surface area contributed by atoms with E-state index in [1.807, 2.05) is 0 Å². The van der Waals surface area contributed by atoms with E-state index in [0.717, 1.165) is 93.7 Å². The highest BCUT2D eigenvalue weighted by Crippen LogP contribution is 2.46. The standard InChI is InChI=1S/C59H50N2O2/c1-37-30-47-46-33-38-26-28-44(60(42-18-10-8-11-19-42)51-24-16-14-22-49(51)58(2,3)4)31-40(38)35-53(46)62-56(47)57-55(37)48-34-39-27-29-45(32-41(39)36-54(48)63-57)61(43-20-12-9-13-21-43)52-25-17-15-23-50(52)59(5,6)7/h8-36H,1-7H3. The van der Waals surface area contributed by atoms with Crippen LogP contribution in [0.3, 0.4) is 0 Å². The number of hydrogen-bond donors (Lipinski definition) is 0. The number of hydrogen-bond acceptors (Lipinski definition) is 4. The van der Waals surface area contributed by atoms with Crippen molar-refractivity contribution in [3.63, 3.8) is 0 Å². The zero-order valence-corrected chi connectivity index (χ0v) is 37.0. The van der Waals surface area contributed by atoms with Crippen molar-refractivity contribution < 1.29 is 8.83 Å². The number of para-hydroxylation sites is 4. The van der Waals surface area contributed by atoms with Gasteiger partial charge in [0.15, 0.2) is 11.2 Å². The summed E-state index contributed by atoms with van der Waals surface area (Å²) in [6.07, 6.45) is 0. The molecule has 11 aromatic rings. The minimum absolute atomic E-state index is 0.0425. The van der Waals surface area contributed by atoms with E-state index in [4.69, 9.17) is 8.83 Å². The summed E-state index contributed by atoms with van der Waals surface area (Å²) in [5.41, 5.74) is 13.7. The van der Waals surface area contributed by atoms with Gasteiger partial charge in [0.25, 0.3) is 0 Å². The van der Waals surface area contributed by atoms with Crippen LogP contribution in [0.2, 0.25) is 0 Å². The lowest BCUT2D eigenvalue weighted by Crippen LogP contribution is -2.19. The number of nitrogens with zero attached hydrogens (tertiary/aromatic N) is 2. The minimum atomic E-state index is -0.0428. The Morgan fingerprint density at radius 2 is 0.810 bits per heavy atom. The van der Waals surface area contributed by atoms with E-state index in [0.29, 0.717) is 0 Å². The highest BCUT2D eigenvalue weighted by Gasteiger charge is 2.26. The van der Waals surface area contributed by atoms with Crippen molar-refractivity contribution in [2.75, 3.05) is 9.80 Å². The Balaban J connectivity index is 1.05. The molecule has 0 unspecified atom stereocenters. The summed E-state index contributed by atoms with van der Waals surface area (Å²) in [5.74, 6) is 0. The summed E-state index contributed by atoms with van der Waals surface area (Å²) < 4.78 is 13.8. The lowest BCUT2D eigenvalue weighted by atomic mass is 9.85. The van der Waals surface area contributed by atoms with Gasteiger partial charge in [-0.05, 0) is 147 Å². The van der Waals surface area contributed by atoms with Gasteiger partial charge in [0.1, 0.15) is 11.2 Å². The van der Waals surface area contributed by atoms with E-state index in [-0.39, 0.29) is 10.8 Å². The maximum Gasteiger partial charge on any atom is 0.178 e. The largest absolute Gasteiger partial charge is 0.452 e. The normalized spacial score (nSPS) is 12.4. The van der Waals surface area contributed by atoms with E-state index >= 15 is 0 Å². The molecule has 0 aliphatic heterocycles. The predicted molar refractivity (Wildman–Crippen MR) is 268 cm³/mol. The third-order valence-corrected chi connectivity index (χ3v) is 12.7. The van der Waals surface area contributed by atoms with Crippen LogP contribution in [0.5, 0.6) is 0 Å². The fourth-order valence-electron chi connectivity index (χ4n) is 9.72. The number of fused-ring (bicyclic) bond motifs is 9. The first-order valence-corrected chi connectivity index (χ1v) is 22.0. The molecule has 9 aromatic carbocycles. The molecular formula is C59H50N2O2. The van der Waals surface area contributed by atoms with Crippen LogP contribution >= 0.6 is 0 Å². The third kappa shape index (κ3) is 6.52. The summed E-state index contributed by atoms with van der Waals surface area (Å²) in [4.78, 5) is 4.75. The highest BCUT2D eigenvalue weighted by atomic mass is 16.4. The lowest BCUT2D eigenvalue weighted by Gasteiger charge is -2.32. The smallest absolute Gasteiger partial charge is 0.178 e. The van der Waals surface area contributed by atoms with Crippen LogP contribution in [0, 0.1) is 6.92 Å². The van der Waals surface area contributed by atoms with Gasteiger partial charge in [0.05, 0.1) is 0 Å². The Kier molecular flexibility index (Phi) is 8.82. The van der Waals surface area contributed by atoms with Crippen LogP contribution in [-0.4, -0.2) is 0 Å². The van der Waals surface area contributed by atoms with Crippen LogP contribution in [0.25, 0.3) is 65.4 Å². The van der Waals surface area contributed by atoms with E-state index < -0.39 is 0 Å². The van der Waals surface area contributed by atoms with Crippen molar-refractivity contribution in [1.29, 1.82) is 0 Å². The van der Waals surface area contributed by atoms with Crippen molar-refractivity contribution in [1.82, 2.24) is 0 Å². The van der Waals surface area contributed by atoms with Crippen molar-refractivity contribution >= 4 is 99.5 Å². The number of furan rings is 2. The van der Waals surface area contributed by atoms with Crippen molar-refractivity contribution in [2.45, 2.75) is 59.3 Å². The molecule has 2 aromatic heterocycles. The van der Waals surface area contributed by atoms with E-state index in [1.165, 1.54) is 22.5 Å². The molecule has 63 heavy (non-hydrogen) atoms. The molecular weight excluding hydrogens is 769 g/mol. The first kappa shape index (κ1) is 38.6. The molecule has 0 saturated carbocycles. The molecule has 2 heterocycles. The van der Waals surface area contributed by atoms with Gasteiger partial charge >= 0.3 is 0 Å². The van der Waals surface area contributed by atoms with E-state index in [1.54, 1.807) is 0 Å². The molecule has 0 bridgehead atoms. The summed E-state index contributed by atoms with van der Waals surface area (Å²) in [6.45, 7) is 15.9. The van der Waals surface area contributed by atoms with Crippen LogP contribution in [0.15, 0.2) is 185 Å². The molecule has 11 rings (SSSR count). The second-order valence-corrected chi connectivity index (χ2v) is 19.1. The van der Waals surface area contributed by atoms with Gasteiger partial charge < -0.3 is 18.6 Å². The molecule has 0 radical (unpaired) electrons. The average molecular weight is 819 g/mol. The van der Waals surface area contributed by atoms with Crippen LogP contribution in [0.4, 0.5) is 34.1 Å². The Labute approximate surface area is 368 Å². The quantitative estimate of drug-likeness (QED) is 0.167. The zero-order valence-electron chi connectivity index (χ0n) is 37.0. The van der Waals surface area contributed by atoms with Crippen molar-refractivity contribution in [3.05, 3.63) is 193 Å². The van der Waals surface area contributed by atoms with Gasteiger partial charge in [-0.15, -0.1) is 0 Å². The van der Waals surface area contributed by atoms with Gasteiger partial charge in [-0.25, -0.2) is 0 Å². The first-order valence-electron chi connectivity index (χ1n) is 22.0. The number of anilines is 6.